The van der Waals surface area contributed by atoms with Crippen LogP contribution >= 0.6 is 11.3 Å². The van der Waals surface area contributed by atoms with E-state index in [9.17, 15) is 17.6 Å². The van der Waals surface area contributed by atoms with Crippen molar-refractivity contribution in [1.29, 1.82) is 0 Å². The molecule has 6 nitrogen and oxygen atoms in total. The lowest BCUT2D eigenvalue weighted by atomic mass is 10.2. The molecule has 9 heteroatoms. The highest BCUT2D eigenvalue weighted by molar-refractivity contribution is 7.91. The Morgan fingerprint density at radius 1 is 1.30 bits per heavy atom. The van der Waals surface area contributed by atoms with Crippen LogP contribution in [0.3, 0.4) is 0 Å². The molecule has 2 heterocycles. The van der Waals surface area contributed by atoms with Crippen molar-refractivity contribution in [2.24, 2.45) is 0 Å². The van der Waals surface area contributed by atoms with E-state index in [2.05, 4.69) is 4.72 Å². The minimum absolute atomic E-state index is 0.0241. The second kappa shape index (κ2) is 6.26. The van der Waals surface area contributed by atoms with Crippen LogP contribution in [0.4, 0.5) is 14.9 Å². The van der Waals surface area contributed by atoms with Crippen LogP contribution in [-0.4, -0.2) is 33.7 Å². The van der Waals surface area contributed by atoms with Gasteiger partial charge in [0.2, 0.25) is 10.0 Å². The third kappa shape index (κ3) is 3.52. The third-order valence-corrected chi connectivity index (χ3v) is 6.09. The number of amides is 1. The van der Waals surface area contributed by atoms with Crippen LogP contribution in [0.15, 0.2) is 46.0 Å². The summed E-state index contributed by atoms with van der Waals surface area (Å²) in [5.41, 5.74) is 0.500. The number of sulfonamides is 1. The third-order valence-electron chi connectivity index (χ3n) is 3.27. The SMILES string of the molecule is O=C1OC(CNS(=O)(=O)c2cccs2)CN1c1ccc(F)cc1. The standard InChI is InChI=1S/C14H13FN2O4S2/c15-10-3-5-11(6-4-10)17-9-12(21-14(17)18)8-16-23(19,20)13-2-1-7-22-13/h1-7,12,16H,8-9H2. The molecule has 1 N–H and O–H groups in total. The number of thiophene rings is 1. The number of anilines is 1. The molecule has 0 radical (unpaired) electrons. The van der Waals surface area contributed by atoms with E-state index in [4.69, 9.17) is 4.74 Å². The second-order valence-corrected chi connectivity index (χ2v) is 7.82. The maximum atomic E-state index is 12.9. The Hall–Kier alpha value is -1.97. The Bertz CT molecular complexity index is 791. The van der Waals surface area contributed by atoms with E-state index in [1.54, 1.807) is 11.4 Å². The number of rotatable bonds is 5. The van der Waals surface area contributed by atoms with E-state index in [1.165, 1.54) is 35.2 Å². The Morgan fingerprint density at radius 2 is 2.04 bits per heavy atom. The Labute approximate surface area is 136 Å². The molecule has 0 bridgehead atoms. The largest absolute Gasteiger partial charge is 0.443 e. The van der Waals surface area contributed by atoms with E-state index in [-0.39, 0.29) is 17.3 Å². The summed E-state index contributed by atoms with van der Waals surface area (Å²) in [5.74, 6) is -0.401. The number of carbonyl (C=O) groups excluding carboxylic acids is 1. The highest BCUT2D eigenvalue weighted by Crippen LogP contribution is 2.22. The minimum atomic E-state index is -3.60. The summed E-state index contributed by atoms with van der Waals surface area (Å²) in [4.78, 5) is 13.2. The van der Waals surface area contributed by atoms with Crippen LogP contribution in [0.5, 0.6) is 0 Å². The molecule has 2 aromatic rings. The first-order chi connectivity index (χ1) is 11.0. The Balaban J connectivity index is 1.63. The van der Waals surface area contributed by atoms with Crippen molar-refractivity contribution in [2.45, 2.75) is 10.3 Å². The zero-order valence-electron chi connectivity index (χ0n) is 11.8. The van der Waals surface area contributed by atoms with Crippen LogP contribution in [0.1, 0.15) is 0 Å². The van der Waals surface area contributed by atoms with Gasteiger partial charge in [0.15, 0.2) is 0 Å². The maximum absolute atomic E-state index is 12.9. The number of hydrogen-bond acceptors (Lipinski definition) is 5. The first-order valence-corrected chi connectivity index (χ1v) is 9.09. The van der Waals surface area contributed by atoms with Gasteiger partial charge in [0.05, 0.1) is 6.54 Å². The van der Waals surface area contributed by atoms with E-state index in [0.717, 1.165) is 11.3 Å². The fourth-order valence-corrected chi connectivity index (χ4v) is 4.25. The van der Waals surface area contributed by atoms with Crippen molar-refractivity contribution in [3.05, 3.63) is 47.6 Å². The zero-order valence-corrected chi connectivity index (χ0v) is 13.4. The van der Waals surface area contributed by atoms with Crippen LogP contribution in [-0.2, 0) is 14.8 Å². The van der Waals surface area contributed by atoms with Gasteiger partial charge in [-0.1, -0.05) is 6.07 Å². The molecule has 3 rings (SSSR count). The van der Waals surface area contributed by atoms with Crippen molar-refractivity contribution in [2.75, 3.05) is 18.0 Å². The fraction of sp³-hybridized carbons (Fsp3) is 0.214. The monoisotopic (exact) mass is 356 g/mol. The molecule has 1 aromatic heterocycles. The van der Waals surface area contributed by atoms with Gasteiger partial charge in [-0.3, -0.25) is 4.90 Å². The quantitative estimate of drug-likeness (QED) is 0.891. The summed E-state index contributed by atoms with van der Waals surface area (Å²) in [7, 11) is -3.60. The summed E-state index contributed by atoms with van der Waals surface area (Å²) in [6.07, 6.45) is -1.20. The molecule has 1 aliphatic heterocycles. The van der Waals surface area contributed by atoms with Crippen LogP contribution in [0, 0.1) is 5.82 Å². The molecule has 0 spiro atoms. The summed E-state index contributed by atoms with van der Waals surface area (Å²) in [6, 6.07) is 8.57. The summed E-state index contributed by atoms with van der Waals surface area (Å²) >= 11 is 1.11. The maximum Gasteiger partial charge on any atom is 0.414 e. The van der Waals surface area contributed by atoms with Crippen LogP contribution in [0.25, 0.3) is 0 Å². The molecule has 1 unspecified atom stereocenters. The lowest BCUT2D eigenvalue weighted by molar-refractivity contribution is 0.143. The molecule has 1 aliphatic rings. The normalized spacial score (nSPS) is 18.2. The van der Waals surface area contributed by atoms with Gasteiger partial charge < -0.3 is 4.74 Å². The summed E-state index contributed by atoms with van der Waals surface area (Å²) in [5, 5.41) is 1.67. The lowest BCUT2D eigenvalue weighted by Crippen LogP contribution is -2.34. The topological polar surface area (TPSA) is 75.7 Å². The van der Waals surface area contributed by atoms with E-state index >= 15 is 0 Å². The molecule has 0 saturated carbocycles. The summed E-state index contributed by atoms with van der Waals surface area (Å²) in [6.45, 7) is 0.168. The molecule has 1 amide bonds. The number of benzene rings is 1. The fourth-order valence-electron chi connectivity index (χ4n) is 2.15. The van der Waals surface area contributed by atoms with Gasteiger partial charge in [-0.05, 0) is 35.7 Å². The summed E-state index contributed by atoms with van der Waals surface area (Å²) < 4.78 is 44.7. The molecule has 1 aromatic carbocycles. The molecule has 23 heavy (non-hydrogen) atoms. The van der Waals surface area contributed by atoms with Gasteiger partial charge in [-0.25, -0.2) is 22.3 Å². The Morgan fingerprint density at radius 3 is 2.70 bits per heavy atom. The number of ether oxygens (including phenoxy) is 1. The minimum Gasteiger partial charge on any atom is -0.443 e. The van der Waals surface area contributed by atoms with Gasteiger partial charge in [0, 0.05) is 12.2 Å². The number of carbonyl (C=O) groups is 1. The van der Waals surface area contributed by atoms with Gasteiger partial charge in [-0.15, -0.1) is 11.3 Å². The molecule has 1 atom stereocenters. The van der Waals surface area contributed by atoms with Crippen molar-refractivity contribution in [3.8, 4) is 0 Å². The second-order valence-electron chi connectivity index (χ2n) is 4.88. The van der Waals surface area contributed by atoms with E-state index in [0.29, 0.717) is 5.69 Å². The molecule has 0 aliphatic carbocycles. The van der Waals surface area contributed by atoms with Crippen molar-refractivity contribution < 1.29 is 22.3 Å². The predicted molar refractivity (Wildman–Crippen MR) is 83.5 cm³/mol. The highest BCUT2D eigenvalue weighted by Gasteiger charge is 2.33. The van der Waals surface area contributed by atoms with Crippen molar-refractivity contribution in [3.63, 3.8) is 0 Å². The number of nitrogens with zero attached hydrogens (tertiary/aromatic N) is 1. The van der Waals surface area contributed by atoms with Crippen LogP contribution in [0.2, 0.25) is 0 Å². The molecule has 1 saturated heterocycles. The lowest BCUT2D eigenvalue weighted by Gasteiger charge is -2.12. The van der Waals surface area contributed by atoms with E-state index < -0.39 is 28.0 Å². The Kier molecular flexibility index (Phi) is 4.33. The van der Waals surface area contributed by atoms with Crippen LogP contribution < -0.4 is 9.62 Å². The average Bonchev–Trinajstić information content (AvgIpc) is 3.16. The van der Waals surface area contributed by atoms with Crippen molar-refractivity contribution >= 4 is 33.1 Å². The van der Waals surface area contributed by atoms with Gasteiger partial charge in [-0.2, -0.15) is 0 Å². The number of nitrogens with one attached hydrogen (secondary N) is 1. The number of cyclic esters (lactones) is 1. The van der Waals surface area contributed by atoms with Gasteiger partial charge in [0.25, 0.3) is 0 Å². The molecular weight excluding hydrogens is 343 g/mol. The first-order valence-electron chi connectivity index (χ1n) is 6.72. The highest BCUT2D eigenvalue weighted by atomic mass is 32.2. The van der Waals surface area contributed by atoms with E-state index in [1.807, 2.05) is 0 Å². The zero-order chi connectivity index (χ0) is 16.4. The first kappa shape index (κ1) is 15.9. The predicted octanol–water partition coefficient (Wildman–Crippen LogP) is 2.19. The van der Waals surface area contributed by atoms with Crippen molar-refractivity contribution in [1.82, 2.24) is 4.72 Å². The molecule has 122 valence electrons. The smallest absolute Gasteiger partial charge is 0.414 e. The average molecular weight is 356 g/mol. The van der Waals surface area contributed by atoms with Gasteiger partial charge in [0.1, 0.15) is 16.1 Å². The number of hydrogen-bond donors (Lipinski definition) is 1. The van der Waals surface area contributed by atoms with Gasteiger partial charge >= 0.3 is 6.09 Å². The molecular formula is C14H13FN2O4S2. The molecule has 1 fully saturated rings. The number of halogens is 1.